The first-order valence-corrected chi connectivity index (χ1v) is 5.02. The minimum absolute atomic E-state index is 0.0513. The first kappa shape index (κ1) is 11.7. The number of amides is 1. The molecule has 0 aliphatic carbocycles. The molecule has 1 atom stereocenters. The van der Waals surface area contributed by atoms with Crippen molar-refractivity contribution in [1.29, 1.82) is 0 Å². The molecule has 3 N–H and O–H groups in total. The van der Waals surface area contributed by atoms with Crippen molar-refractivity contribution in [1.82, 2.24) is 15.3 Å². The van der Waals surface area contributed by atoms with E-state index in [1.807, 2.05) is 13.8 Å². The van der Waals surface area contributed by atoms with Gasteiger partial charge in [-0.05, 0) is 0 Å². The Labute approximate surface area is 88.9 Å². The van der Waals surface area contributed by atoms with Crippen molar-refractivity contribution in [2.45, 2.75) is 26.3 Å². The van der Waals surface area contributed by atoms with Gasteiger partial charge in [0.15, 0.2) is 0 Å². The highest BCUT2D eigenvalue weighted by Gasteiger charge is 2.14. The van der Waals surface area contributed by atoms with E-state index < -0.39 is 0 Å². The lowest BCUT2D eigenvalue weighted by atomic mass is 10.1. The number of hydrogen-bond donors (Lipinski definition) is 3. The fraction of sp³-hybridized carbons (Fsp3) is 0.600. The van der Waals surface area contributed by atoms with Gasteiger partial charge in [-0.3, -0.25) is 4.79 Å². The third kappa shape index (κ3) is 3.71. The molecule has 0 bridgehead atoms. The van der Waals surface area contributed by atoms with E-state index in [1.54, 1.807) is 12.5 Å². The highest BCUT2D eigenvalue weighted by atomic mass is 16.3. The van der Waals surface area contributed by atoms with Gasteiger partial charge in [0.25, 0.3) is 0 Å². The van der Waals surface area contributed by atoms with Crippen LogP contribution in [0.4, 0.5) is 0 Å². The summed E-state index contributed by atoms with van der Waals surface area (Å²) in [7, 11) is 0. The number of aromatic amines is 1. The number of rotatable bonds is 5. The summed E-state index contributed by atoms with van der Waals surface area (Å²) in [4.78, 5) is 18.3. The van der Waals surface area contributed by atoms with E-state index in [4.69, 9.17) is 5.11 Å². The molecule has 0 fully saturated rings. The summed E-state index contributed by atoms with van der Waals surface area (Å²) < 4.78 is 0. The van der Waals surface area contributed by atoms with Gasteiger partial charge >= 0.3 is 0 Å². The molecule has 0 unspecified atom stereocenters. The minimum atomic E-state index is -0.261. The number of imidazole rings is 1. The molecule has 15 heavy (non-hydrogen) atoms. The molecule has 5 nitrogen and oxygen atoms in total. The Kier molecular flexibility index (Phi) is 4.30. The van der Waals surface area contributed by atoms with Gasteiger partial charge in [-0.2, -0.15) is 0 Å². The van der Waals surface area contributed by atoms with Crippen molar-refractivity contribution in [2.24, 2.45) is 5.92 Å². The molecule has 1 rings (SSSR count). The van der Waals surface area contributed by atoms with E-state index in [1.165, 1.54) is 0 Å². The fourth-order valence-electron chi connectivity index (χ4n) is 1.18. The number of hydrogen-bond acceptors (Lipinski definition) is 3. The van der Waals surface area contributed by atoms with Crippen molar-refractivity contribution in [2.75, 3.05) is 6.61 Å². The molecule has 0 aromatic carbocycles. The maximum Gasteiger partial charge on any atom is 0.222 e. The number of aliphatic hydroxyl groups excluding tert-OH is 1. The molecular weight excluding hydrogens is 194 g/mol. The number of aromatic nitrogens is 2. The number of nitrogens with zero attached hydrogens (tertiary/aromatic N) is 1. The van der Waals surface area contributed by atoms with Crippen LogP contribution in [-0.4, -0.2) is 33.6 Å². The van der Waals surface area contributed by atoms with Gasteiger partial charge in [0.2, 0.25) is 5.91 Å². The summed E-state index contributed by atoms with van der Waals surface area (Å²) in [6, 6.07) is -0.261. The van der Waals surface area contributed by atoms with E-state index in [0.717, 1.165) is 5.69 Å². The van der Waals surface area contributed by atoms with E-state index in [0.29, 0.717) is 6.42 Å². The number of nitrogens with one attached hydrogen (secondary N) is 2. The second-order valence-corrected chi connectivity index (χ2v) is 3.81. The first-order chi connectivity index (χ1) is 7.13. The molecule has 0 aliphatic rings. The van der Waals surface area contributed by atoms with Crippen LogP contribution in [0.1, 0.15) is 19.5 Å². The second-order valence-electron chi connectivity index (χ2n) is 3.81. The molecule has 1 aromatic heterocycles. The van der Waals surface area contributed by atoms with Gasteiger partial charge in [-0.1, -0.05) is 13.8 Å². The predicted molar refractivity (Wildman–Crippen MR) is 56.1 cm³/mol. The highest BCUT2D eigenvalue weighted by Crippen LogP contribution is 2.00. The zero-order valence-corrected chi connectivity index (χ0v) is 9.03. The topological polar surface area (TPSA) is 78.0 Å². The van der Waals surface area contributed by atoms with Crippen LogP contribution >= 0.6 is 0 Å². The maximum atomic E-state index is 11.4. The molecule has 5 heteroatoms. The largest absolute Gasteiger partial charge is 0.394 e. The average molecular weight is 211 g/mol. The molecule has 1 heterocycles. The zero-order valence-electron chi connectivity index (χ0n) is 9.03. The lowest BCUT2D eigenvalue weighted by Gasteiger charge is -2.16. The molecule has 0 saturated heterocycles. The summed E-state index contributed by atoms with van der Waals surface area (Å²) in [5, 5.41) is 11.9. The molecule has 0 radical (unpaired) electrons. The van der Waals surface area contributed by atoms with Crippen LogP contribution < -0.4 is 5.32 Å². The quantitative estimate of drug-likeness (QED) is 0.645. The van der Waals surface area contributed by atoms with Crippen molar-refractivity contribution in [3.63, 3.8) is 0 Å². The predicted octanol–water partition coefficient (Wildman–Crippen LogP) is 0.0853. The number of H-pyrrole nitrogens is 1. The van der Waals surface area contributed by atoms with Gasteiger partial charge in [-0.15, -0.1) is 0 Å². The lowest BCUT2D eigenvalue weighted by Crippen LogP contribution is -2.41. The Morgan fingerprint density at radius 1 is 1.67 bits per heavy atom. The van der Waals surface area contributed by atoms with Crippen molar-refractivity contribution in [3.05, 3.63) is 18.2 Å². The van der Waals surface area contributed by atoms with Crippen LogP contribution in [0.2, 0.25) is 0 Å². The first-order valence-electron chi connectivity index (χ1n) is 5.02. The van der Waals surface area contributed by atoms with E-state index in [2.05, 4.69) is 15.3 Å². The Balaban J connectivity index is 2.46. The van der Waals surface area contributed by atoms with Gasteiger partial charge in [0, 0.05) is 18.5 Å². The van der Waals surface area contributed by atoms with E-state index in [9.17, 15) is 4.79 Å². The molecule has 0 spiro atoms. The third-order valence-corrected chi connectivity index (χ3v) is 2.10. The van der Waals surface area contributed by atoms with Crippen LogP contribution in [0.3, 0.4) is 0 Å². The Bertz CT molecular complexity index is 296. The fourth-order valence-corrected chi connectivity index (χ4v) is 1.18. The number of carbonyl (C=O) groups is 1. The SMILES string of the molecule is CC(C)C(=O)N[C@@H](CO)Cc1c[nH]cn1. The summed E-state index contributed by atoms with van der Waals surface area (Å²) in [6.07, 6.45) is 3.87. The van der Waals surface area contributed by atoms with Crippen molar-refractivity contribution in [3.8, 4) is 0 Å². The third-order valence-electron chi connectivity index (χ3n) is 2.10. The van der Waals surface area contributed by atoms with Crippen molar-refractivity contribution >= 4 is 5.91 Å². The number of aliphatic hydroxyl groups is 1. The van der Waals surface area contributed by atoms with Crippen LogP contribution in [0.15, 0.2) is 12.5 Å². The van der Waals surface area contributed by atoms with Crippen LogP contribution in [0.5, 0.6) is 0 Å². The van der Waals surface area contributed by atoms with Gasteiger partial charge < -0.3 is 15.4 Å². The van der Waals surface area contributed by atoms with Crippen molar-refractivity contribution < 1.29 is 9.90 Å². The molecule has 0 saturated carbocycles. The zero-order chi connectivity index (χ0) is 11.3. The summed E-state index contributed by atoms with van der Waals surface area (Å²) in [6.45, 7) is 3.56. The monoisotopic (exact) mass is 211 g/mol. The summed E-state index contributed by atoms with van der Waals surface area (Å²) >= 11 is 0. The molecule has 1 aromatic rings. The standard InChI is InChI=1S/C10H17N3O2/c1-7(2)10(15)13-9(5-14)3-8-4-11-6-12-8/h4,6-7,9,14H,3,5H2,1-2H3,(H,11,12)(H,13,15)/t9-/m1/s1. The maximum absolute atomic E-state index is 11.4. The van der Waals surface area contributed by atoms with Crippen LogP contribution in [0.25, 0.3) is 0 Å². The summed E-state index contributed by atoms with van der Waals surface area (Å²) in [5.74, 6) is -0.122. The molecule has 84 valence electrons. The average Bonchev–Trinajstić information content (AvgIpc) is 2.69. The lowest BCUT2D eigenvalue weighted by molar-refractivity contribution is -0.125. The van der Waals surface area contributed by atoms with E-state index in [-0.39, 0.29) is 24.5 Å². The normalized spacial score (nSPS) is 12.8. The number of carbonyl (C=O) groups excluding carboxylic acids is 1. The second kappa shape index (κ2) is 5.50. The highest BCUT2D eigenvalue weighted by molar-refractivity contribution is 5.78. The Morgan fingerprint density at radius 3 is 2.87 bits per heavy atom. The van der Waals surface area contributed by atoms with Crippen LogP contribution in [-0.2, 0) is 11.2 Å². The van der Waals surface area contributed by atoms with Gasteiger partial charge in [0.1, 0.15) is 0 Å². The minimum Gasteiger partial charge on any atom is -0.394 e. The Hall–Kier alpha value is -1.36. The van der Waals surface area contributed by atoms with Gasteiger partial charge in [0.05, 0.1) is 24.7 Å². The summed E-state index contributed by atoms with van der Waals surface area (Å²) in [5.41, 5.74) is 0.832. The van der Waals surface area contributed by atoms with Crippen LogP contribution in [0, 0.1) is 5.92 Å². The molecule has 1 amide bonds. The molecular formula is C10H17N3O2. The van der Waals surface area contributed by atoms with Gasteiger partial charge in [-0.25, -0.2) is 4.98 Å². The molecule has 0 aliphatic heterocycles. The smallest absolute Gasteiger partial charge is 0.222 e. The van der Waals surface area contributed by atoms with E-state index >= 15 is 0 Å². The Morgan fingerprint density at radius 2 is 2.40 bits per heavy atom.